The molecule has 1 N–H and O–H groups in total. The SMILES string of the molecule is CC1CN(C(=O)c2ccc(N(C)C)nc2)CC(CO)O1. The first kappa shape index (κ1) is 14.7. The summed E-state index contributed by atoms with van der Waals surface area (Å²) in [6.45, 7) is 2.77. The monoisotopic (exact) mass is 279 g/mol. The Hall–Kier alpha value is -1.66. The number of anilines is 1. The highest BCUT2D eigenvalue weighted by Gasteiger charge is 2.28. The van der Waals surface area contributed by atoms with Gasteiger partial charge in [0, 0.05) is 33.4 Å². The number of nitrogens with zero attached hydrogens (tertiary/aromatic N) is 3. The summed E-state index contributed by atoms with van der Waals surface area (Å²) in [6, 6.07) is 3.60. The molecule has 0 radical (unpaired) electrons. The van der Waals surface area contributed by atoms with Crippen LogP contribution in [0.4, 0.5) is 5.82 Å². The Morgan fingerprint density at radius 1 is 1.50 bits per heavy atom. The molecule has 1 aromatic heterocycles. The molecule has 20 heavy (non-hydrogen) atoms. The van der Waals surface area contributed by atoms with E-state index in [4.69, 9.17) is 4.74 Å². The highest BCUT2D eigenvalue weighted by molar-refractivity contribution is 5.94. The zero-order valence-corrected chi connectivity index (χ0v) is 12.1. The van der Waals surface area contributed by atoms with Crippen LogP contribution in [0.1, 0.15) is 17.3 Å². The molecule has 0 saturated carbocycles. The van der Waals surface area contributed by atoms with E-state index in [2.05, 4.69) is 4.98 Å². The van der Waals surface area contributed by atoms with E-state index in [0.29, 0.717) is 18.7 Å². The van der Waals surface area contributed by atoms with Gasteiger partial charge in [-0.05, 0) is 19.1 Å². The topological polar surface area (TPSA) is 65.9 Å². The van der Waals surface area contributed by atoms with Crippen molar-refractivity contribution >= 4 is 11.7 Å². The van der Waals surface area contributed by atoms with Crippen LogP contribution in [0, 0.1) is 0 Å². The molecule has 2 heterocycles. The Morgan fingerprint density at radius 2 is 2.25 bits per heavy atom. The standard InChI is InChI=1S/C14H21N3O3/c1-10-7-17(8-12(9-18)20-10)14(19)11-4-5-13(15-6-11)16(2)3/h4-6,10,12,18H,7-9H2,1-3H3. The molecule has 1 aliphatic rings. The van der Waals surface area contributed by atoms with Crippen molar-refractivity contribution in [1.82, 2.24) is 9.88 Å². The molecular formula is C14H21N3O3. The van der Waals surface area contributed by atoms with Gasteiger partial charge >= 0.3 is 0 Å². The first-order chi connectivity index (χ1) is 9.51. The van der Waals surface area contributed by atoms with Crippen LogP contribution < -0.4 is 4.90 Å². The van der Waals surface area contributed by atoms with Crippen LogP contribution in [0.25, 0.3) is 0 Å². The van der Waals surface area contributed by atoms with Crippen LogP contribution >= 0.6 is 0 Å². The Kier molecular flexibility index (Phi) is 4.57. The second-order valence-corrected chi connectivity index (χ2v) is 5.26. The van der Waals surface area contributed by atoms with E-state index in [9.17, 15) is 9.90 Å². The van der Waals surface area contributed by atoms with Gasteiger partial charge in [-0.2, -0.15) is 0 Å². The number of carbonyl (C=O) groups is 1. The fourth-order valence-corrected chi connectivity index (χ4v) is 2.27. The molecule has 6 heteroatoms. The fraction of sp³-hybridized carbons (Fsp3) is 0.571. The molecule has 0 aromatic carbocycles. The lowest BCUT2D eigenvalue weighted by atomic mass is 10.1. The van der Waals surface area contributed by atoms with Gasteiger partial charge in [0.15, 0.2) is 0 Å². The van der Waals surface area contributed by atoms with Crippen molar-refractivity contribution in [2.45, 2.75) is 19.1 Å². The van der Waals surface area contributed by atoms with Crippen molar-refractivity contribution in [3.8, 4) is 0 Å². The van der Waals surface area contributed by atoms with E-state index in [1.165, 1.54) is 0 Å². The van der Waals surface area contributed by atoms with Crippen molar-refractivity contribution in [2.75, 3.05) is 38.7 Å². The van der Waals surface area contributed by atoms with Crippen LogP contribution in [-0.4, -0.2) is 66.9 Å². The smallest absolute Gasteiger partial charge is 0.255 e. The summed E-state index contributed by atoms with van der Waals surface area (Å²) in [6.07, 6.45) is 1.21. The second kappa shape index (κ2) is 6.19. The minimum Gasteiger partial charge on any atom is -0.394 e. The minimum atomic E-state index is -0.309. The van der Waals surface area contributed by atoms with Crippen LogP contribution in [0.15, 0.2) is 18.3 Å². The minimum absolute atomic E-state index is 0.0705. The van der Waals surface area contributed by atoms with Crippen molar-refractivity contribution in [3.05, 3.63) is 23.9 Å². The number of aromatic nitrogens is 1. The average Bonchev–Trinajstić information content (AvgIpc) is 2.45. The molecule has 0 aliphatic carbocycles. The van der Waals surface area contributed by atoms with Crippen LogP contribution in [0.3, 0.4) is 0 Å². The maximum atomic E-state index is 12.4. The van der Waals surface area contributed by atoms with Crippen LogP contribution in [0.5, 0.6) is 0 Å². The maximum absolute atomic E-state index is 12.4. The molecular weight excluding hydrogens is 258 g/mol. The molecule has 0 bridgehead atoms. The maximum Gasteiger partial charge on any atom is 0.255 e. The largest absolute Gasteiger partial charge is 0.394 e. The van der Waals surface area contributed by atoms with Crippen molar-refractivity contribution < 1.29 is 14.6 Å². The number of rotatable bonds is 3. The van der Waals surface area contributed by atoms with E-state index < -0.39 is 0 Å². The summed E-state index contributed by atoms with van der Waals surface area (Å²) < 4.78 is 5.54. The van der Waals surface area contributed by atoms with Crippen LogP contribution in [-0.2, 0) is 4.74 Å². The first-order valence-electron chi connectivity index (χ1n) is 6.70. The number of aliphatic hydroxyl groups excluding tert-OH is 1. The van der Waals surface area contributed by atoms with Gasteiger partial charge < -0.3 is 19.6 Å². The van der Waals surface area contributed by atoms with Crippen molar-refractivity contribution in [3.63, 3.8) is 0 Å². The third-order valence-corrected chi connectivity index (χ3v) is 3.27. The number of amides is 1. The summed E-state index contributed by atoms with van der Waals surface area (Å²) in [5.41, 5.74) is 0.557. The molecule has 1 fully saturated rings. The van der Waals surface area contributed by atoms with E-state index in [1.54, 1.807) is 17.2 Å². The number of pyridine rings is 1. The molecule has 110 valence electrons. The van der Waals surface area contributed by atoms with Gasteiger partial charge in [-0.3, -0.25) is 4.79 Å². The summed E-state index contributed by atoms with van der Waals surface area (Å²) in [5.74, 6) is 0.738. The van der Waals surface area contributed by atoms with Gasteiger partial charge in [-0.1, -0.05) is 0 Å². The molecule has 1 saturated heterocycles. The molecule has 0 spiro atoms. The van der Waals surface area contributed by atoms with Gasteiger partial charge in [0.05, 0.1) is 24.4 Å². The van der Waals surface area contributed by atoms with E-state index in [1.807, 2.05) is 32.0 Å². The zero-order chi connectivity index (χ0) is 14.7. The van der Waals surface area contributed by atoms with Gasteiger partial charge in [-0.25, -0.2) is 4.98 Å². The van der Waals surface area contributed by atoms with Gasteiger partial charge in [0.25, 0.3) is 5.91 Å². The van der Waals surface area contributed by atoms with Gasteiger partial charge in [0.1, 0.15) is 5.82 Å². The second-order valence-electron chi connectivity index (χ2n) is 5.26. The molecule has 2 atom stereocenters. The molecule has 6 nitrogen and oxygen atoms in total. The van der Waals surface area contributed by atoms with E-state index in [0.717, 1.165) is 5.82 Å². The first-order valence-corrected chi connectivity index (χ1v) is 6.70. The fourth-order valence-electron chi connectivity index (χ4n) is 2.27. The Bertz CT molecular complexity index is 461. The number of ether oxygens (including phenoxy) is 1. The Morgan fingerprint density at radius 3 is 2.80 bits per heavy atom. The number of aliphatic hydroxyl groups is 1. The number of carbonyl (C=O) groups excluding carboxylic acids is 1. The molecule has 1 aromatic rings. The summed E-state index contributed by atoms with van der Waals surface area (Å²) in [7, 11) is 3.80. The third kappa shape index (κ3) is 3.26. The quantitative estimate of drug-likeness (QED) is 0.866. The number of hydrogen-bond donors (Lipinski definition) is 1. The molecule has 1 aliphatic heterocycles. The predicted molar refractivity (Wildman–Crippen MR) is 75.9 cm³/mol. The van der Waals surface area contributed by atoms with Gasteiger partial charge in [-0.15, -0.1) is 0 Å². The van der Waals surface area contributed by atoms with Crippen molar-refractivity contribution in [1.29, 1.82) is 0 Å². The predicted octanol–water partition coefficient (Wildman–Crippen LogP) is 0.369. The van der Waals surface area contributed by atoms with Crippen molar-refractivity contribution in [2.24, 2.45) is 0 Å². The Balaban J connectivity index is 2.10. The van der Waals surface area contributed by atoms with Gasteiger partial charge in [0.2, 0.25) is 0 Å². The zero-order valence-electron chi connectivity index (χ0n) is 12.1. The summed E-state index contributed by atoms with van der Waals surface area (Å²) in [5, 5.41) is 9.20. The molecule has 2 rings (SSSR count). The van der Waals surface area contributed by atoms with E-state index in [-0.39, 0.29) is 24.7 Å². The van der Waals surface area contributed by atoms with Crippen LogP contribution in [0.2, 0.25) is 0 Å². The summed E-state index contributed by atoms with van der Waals surface area (Å²) >= 11 is 0. The number of hydrogen-bond acceptors (Lipinski definition) is 5. The lowest BCUT2D eigenvalue weighted by Crippen LogP contribution is -2.50. The molecule has 2 unspecified atom stereocenters. The normalized spacial score (nSPS) is 22.7. The van der Waals surface area contributed by atoms with E-state index >= 15 is 0 Å². The highest BCUT2D eigenvalue weighted by Crippen LogP contribution is 2.15. The number of morpholine rings is 1. The average molecular weight is 279 g/mol. The molecule has 1 amide bonds. The third-order valence-electron chi connectivity index (χ3n) is 3.27. The highest BCUT2D eigenvalue weighted by atomic mass is 16.5. The lowest BCUT2D eigenvalue weighted by molar-refractivity contribution is -0.0858. The lowest BCUT2D eigenvalue weighted by Gasteiger charge is -2.36. The Labute approximate surface area is 119 Å². The summed E-state index contributed by atoms with van der Waals surface area (Å²) in [4.78, 5) is 20.3.